The van der Waals surface area contributed by atoms with Crippen molar-refractivity contribution in [3.05, 3.63) is 77.3 Å². The Morgan fingerprint density at radius 2 is 1.65 bits per heavy atom. The fourth-order valence-corrected chi connectivity index (χ4v) is 2.81. The van der Waals surface area contributed by atoms with Crippen molar-refractivity contribution >= 4 is 27.7 Å². The third kappa shape index (κ3) is 3.48. The van der Waals surface area contributed by atoms with Gasteiger partial charge in [0, 0.05) is 9.37 Å². The minimum atomic E-state index is 0.297. The third-order valence-electron chi connectivity index (χ3n) is 2.42. The normalized spacial score (nSPS) is 12.1. The molecule has 0 N–H and O–H groups in total. The second-order valence-corrected chi connectivity index (χ2v) is 5.77. The number of thioether (sulfide) groups is 1. The van der Waals surface area contributed by atoms with Crippen LogP contribution in [0.25, 0.3) is 0 Å². The number of hydrogen-bond donors (Lipinski definition) is 0. The highest BCUT2D eigenvalue weighted by molar-refractivity contribution is 9.10. The predicted molar refractivity (Wildman–Crippen MR) is 79.4 cm³/mol. The Morgan fingerprint density at radius 3 is 2.24 bits per heavy atom. The van der Waals surface area contributed by atoms with Crippen LogP contribution in [-0.2, 0) is 0 Å². The molecule has 0 aliphatic carbocycles. The molecular weight excluding hydrogens is 292 g/mol. The van der Waals surface area contributed by atoms with E-state index < -0.39 is 0 Å². The Morgan fingerprint density at radius 1 is 1.00 bits per heavy atom. The molecule has 2 heteroatoms. The Bertz CT molecular complexity index is 476. The van der Waals surface area contributed by atoms with Crippen LogP contribution in [0.4, 0.5) is 0 Å². The average molecular weight is 305 g/mol. The molecule has 0 fully saturated rings. The SMILES string of the molecule is C=C[C@H](Sc1ccccc1)c1ccc(Br)cc1. The number of hydrogen-bond acceptors (Lipinski definition) is 1. The van der Waals surface area contributed by atoms with Gasteiger partial charge in [0.15, 0.2) is 0 Å². The van der Waals surface area contributed by atoms with Crippen LogP contribution < -0.4 is 0 Å². The highest BCUT2D eigenvalue weighted by atomic mass is 79.9. The van der Waals surface area contributed by atoms with E-state index in [1.165, 1.54) is 10.5 Å². The Balaban J connectivity index is 2.17. The lowest BCUT2D eigenvalue weighted by atomic mass is 10.1. The van der Waals surface area contributed by atoms with Gasteiger partial charge in [-0.3, -0.25) is 0 Å². The van der Waals surface area contributed by atoms with E-state index in [1.807, 2.05) is 23.9 Å². The molecule has 0 aromatic heterocycles. The second kappa shape index (κ2) is 6.08. The Labute approximate surface area is 115 Å². The van der Waals surface area contributed by atoms with Gasteiger partial charge in [0.2, 0.25) is 0 Å². The fourth-order valence-electron chi connectivity index (χ4n) is 1.55. The summed E-state index contributed by atoms with van der Waals surface area (Å²) in [6, 6.07) is 18.8. The van der Waals surface area contributed by atoms with Gasteiger partial charge < -0.3 is 0 Å². The standard InChI is InChI=1S/C15H13BrS/c1-2-15(12-8-10-13(16)11-9-12)17-14-6-4-3-5-7-14/h2-11,15H,1H2/t15-/m0/s1. The van der Waals surface area contributed by atoms with Gasteiger partial charge in [0.05, 0.1) is 5.25 Å². The highest BCUT2D eigenvalue weighted by Gasteiger charge is 2.08. The first-order valence-corrected chi connectivity index (χ1v) is 7.06. The molecule has 0 aliphatic heterocycles. The Hall–Kier alpha value is -0.990. The lowest BCUT2D eigenvalue weighted by Gasteiger charge is -2.12. The maximum absolute atomic E-state index is 3.92. The summed E-state index contributed by atoms with van der Waals surface area (Å²) in [7, 11) is 0. The van der Waals surface area contributed by atoms with Gasteiger partial charge in [-0.15, -0.1) is 18.3 Å². The minimum Gasteiger partial charge on any atom is -0.114 e. The van der Waals surface area contributed by atoms with E-state index in [-0.39, 0.29) is 0 Å². The zero-order chi connectivity index (χ0) is 12.1. The molecule has 0 amide bonds. The van der Waals surface area contributed by atoms with E-state index in [9.17, 15) is 0 Å². The van der Waals surface area contributed by atoms with Crippen molar-refractivity contribution in [2.24, 2.45) is 0 Å². The monoisotopic (exact) mass is 304 g/mol. The van der Waals surface area contributed by atoms with Gasteiger partial charge in [0.1, 0.15) is 0 Å². The molecule has 0 nitrogen and oxygen atoms in total. The topological polar surface area (TPSA) is 0 Å². The lowest BCUT2D eigenvalue weighted by molar-refractivity contribution is 1.22. The first-order chi connectivity index (χ1) is 8.29. The summed E-state index contributed by atoms with van der Waals surface area (Å²) in [5.74, 6) is 0. The van der Waals surface area contributed by atoms with E-state index >= 15 is 0 Å². The van der Waals surface area contributed by atoms with Crippen molar-refractivity contribution in [3.8, 4) is 0 Å². The molecule has 0 aliphatic rings. The summed E-state index contributed by atoms with van der Waals surface area (Å²) in [5, 5.41) is 0.297. The molecule has 0 spiro atoms. The zero-order valence-electron chi connectivity index (χ0n) is 9.34. The van der Waals surface area contributed by atoms with Gasteiger partial charge in [-0.1, -0.05) is 52.3 Å². The van der Waals surface area contributed by atoms with Gasteiger partial charge in [0.25, 0.3) is 0 Å². The van der Waals surface area contributed by atoms with E-state index in [1.54, 1.807) is 0 Å². The zero-order valence-corrected chi connectivity index (χ0v) is 11.7. The molecule has 1 atom stereocenters. The van der Waals surface area contributed by atoms with Gasteiger partial charge >= 0.3 is 0 Å². The van der Waals surface area contributed by atoms with Gasteiger partial charge in [-0.25, -0.2) is 0 Å². The smallest absolute Gasteiger partial charge is 0.0521 e. The van der Waals surface area contributed by atoms with Crippen LogP contribution in [-0.4, -0.2) is 0 Å². The largest absolute Gasteiger partial charge is 0.114 e. The Kier molecular flexibility index (Phi) is 4.46. The third-order valence-corrected chi connectivity index (χ3v) is 4.21. The molecule has 2 rings (SSSR count). The van der Waals surface area contributed by atoms with Crippen molar-refractivity contribution in [3.63, 3.8) is 0 Å². The molecule has 17 heavy (non-hydrogen) atoms. The van der Waals surface area contributed by atoms with Crippen molar-refractivity contribution in [2.45, 2.75) is 10.1 Å². The summed E-state index contributed by atoms with van der Waals surface area (Å²) in [4.78, 5) is 1.26. The maximum Gasteiger partial charge on any atom is 0.0521 e. The molecule has 0 saturated heterocycles. The molecule has 2 aromatic rings. The molecular formula is C15H13BrS. The van der Waals surface area contributed by atoms with E-state index in [4.69, 9.17) is 0 Å². The first-order valence-electron chi connectivity index (χ1n) is 5.39. The van der Waals surface area contributed by atoms with Crippen molar-refractivity contribution in [2.75, 3.05) is 0 Å². The van der Waals surface area contributed by atoms with Gasteiger partial charge in [-0.2, -0.15) is 0 Å². The van der Waals surface area contributed by atoms with Gasteiger partial charge in [-0.05, 0) is 29.8 Å². The molecule has 0 bridgehead atoms. The molecule has 2 aromatic carbocycles. The van der Waals surface area contributed by atoms with Crippen LogP contribution in [0.5, 0.6) is 0 Å². The number of rotatable bonds is 4. The molecule has 0 unspecified atom stereocenters. The van der Waals surface area contributed by atoms with E-state index in [0.29, 0.717) is 5.25 Å². The summed E-state index contributed by atoms with van der Waals surface area (Å²) in [6.07, 6.45) is 1.99. The van der Waals surface area contributed by atoms with Crippen LogP contribution in [0.2, 0.25) is 0 Å². The lowest BCUT2D eigenvalue weighted by Crippen LogP contribution is -1.89. The van der Waals surface area contributed by atoms with Crippen LogP contribution in [0.15, 0.2) is 76.6 Å². The number of benzene rings is 2. The molecule has 0 radical (unpaired) electrons. The van der Waals surface area contributed by atoms with Crippen LogP contribution in [0, 0.1) is 0 Å². The fraction of sp³-hybridized carbons (Fsp3) is 0.0667. The molecule has 0 saturated carbocycles. The van der Waals surface area contributed by atoms with Crippen molar-refractivity contribution in [1.29, 1.82) is 0 Å². The summed E-state index contributed by atoms with van der Waals surface area (Å²) in [6.45, 7) is 3.92. The van der Waals surface area contributed by atoms with Crippen molar-refractivity contribution in [1.82, 2.24) is 0 Å². The first kappa shape index (κ1) is 12.5. The van der Waals surface area contributed by atoms with Crippen LogP contribution in [0.3, 0.4) is 0 Å². The number of halogens is 1. The van der Waals surface area contributed by atoms with E-state index in [2.05, 4.69) is 71.0 Å². The van der Waals surface area contributed by atoms with Crippen LogP contribution >= 0.6 is 27.7 Å². The summed E-state index contributed by atoms with van der Waals surface area (Å²) in [5.41, 5.74) is 1.28. The maximum atomic E-state index is 3.92. The summed E-state index contributed by atoms with van der Waals surface area (Å²) < 4.78 is 1.11. The molecule has 86 valence electrons. The quantitative estimate of drug-likeness (QED) is 0.533. The average Bonchev–Trinajstić information content (AvgIpc) is 2.38. The predicted octanol–water partition coefficient (Wildman–Crippen LogP) is 5.47. The highest BCUT2D eigenvalue weighted by Crippen LogP contribution is 2.36. The van der Waals surface area contributed by atoms with Crippen molar-refractivity contribution < 1.29 is 0 Å². The second-order valence-electron chi connectivity index (χ2n) is 3.64. The summed E-state index contributed by atoms with van der Waals surface area (Å²) >= 11 is 5.26. The van der Waals surface area contributed by atoms with Crippen LogP contribution in [0.1, 0.15) is 10.8 Å². The van der Waals surface area contributed by atoms with E-state index in [0.717, 1.165) is 4.47 Å². The minimum absolute atomic E-state index is 0.297. The molecule has 0 heterocycles.